The lowest BCUT2D eigenvalue weighted by Crippen LogP contribution is -2.07. The van der Waals surface area contributed by atoms with E-state index in [0.717, 1.165) is 5.57 Å². The molecule has 2 aromatic rings. The van der Waals surface area contributed by atoms with E-state index in [1.807, 2.05) is 6.92 Å². The molecule has 0 spiro atoms. The van der Waals surface area contributed by atoms with Crippen molar-refractivity contribution in [2.45, 2.75) is 13.5 Å². The average molecular weight is 247 g/mol. The number of hydrogen-bond donors (Lipinski definition) is 0. The zero-order chi connectivity index (χ0) is 13.0. The number of ether oxygens (including phenoxy) is 1. The zero-order valence-electron chi connectivity index (χ0n) is 10.1. The molecule has 2 rings (SSSR count). The maximum Gasteiger partial charge on any atom is 0.151 e. The molecule has 0 atom stereocenters. The predicted octanol–water partition coefficient (Wildman–Crippen LogP) is 2.50. The maximum atomic E-state index is 13.8. The molecule has 18 heavy (non-hydrogen) atoms. The van der Waals surface area contributed by atoms with Crippen molar-refractivity contribution < 1.29 is 9.13 Å². The summed E-state index contributed by atoms with van der Waals surface area (Å²) in [7, 11) is 0. The van der Waals surface area contributed by atoms with Gasteiger partial charge in [0.15, 0.2) is 5.82 Å². The van der Waals surface area contributed by atoms with E-state index in [2.05, 4.69) is 16.8 Å². The van der Waals surface area contributed by atoms with Gasteiger partial charge in [0.2, 0.25) is 0 Å². The lowest BCUT2D eigenvalue weighted by atomic mass is 10.2. The zero-order valence-corrected chi connectivity index (χ0v) is 10.1. The highest BCUT2D eigenvalue weighted by molar-refractivity contribution is 5.40. The topological polar surface area (TPSA) is 39.9 Å². The van der Waals surface area contributed by atoms with Gasteiger partial charge in [0.1, 0.15) is 5.69 Å². The van der Waals surface area contributed by atoms with Crippen molar-refractivity contribution in [2.75, 3.05) is 6.61 Å². The molecule has 0 saturated heterocycles. The van der Waals surface area contributed by atoms with E-state index in [9.17, 15) is 4.39 Å². The first-order chi connectivity index (χ1) is 8.68. The molecular weight excluding hydrogens is 233 g/mol. The highest BCUT2D eigenvalue weighted by atomic mass is 19.1. The molecule has 0 amide bonds. The fraction of sp³-hybridized carbons (Fsp3) is 0.231. The summed E-state index contributed by atoms with van der Waals surface area (Å²) in [6, 6.07) is 4.81. The number of aromatic nitrogens is 3. The summed E-state index contributed by atoms with van der Waals surface area (Å²) in [5, 5.41) is 7.89. The molecule has 0 saturated carbocycles. The van der Waals surface area contributed by atoms with Gasteiger partial charge in [-0.05, 0) is 13.0 Å². The molecule has 94 valence electrons. The first kappa shape index (κ1) is 12.4. The van der Waals surface area contributed by atoms with Crippen LogP contribution in [0.2, 0.25) is 0 Å². The first-order valence-electron chi connectivity index (χ1n) is 5.54. The third-order valence-corrected chi connectivity index (χ3v) is 2.30. The number of benzene rings is 1. The number of nitrogens with zero attached hydrogens (tertiary/aromatic N) is 3. The second kappa shape index (κ2) is 5.55. The van der Waals surface area contributed by atoms with Crippen molar-refractivity contribution >= 4 is 0 Å². The lowest BCUT2D eigenvalue weighted by Gasteiger charge is -2.10. The predicted molar refractivity (Wildman–Crippen MR) is 65.8 cm³/mol. The summed E-state index contributed by atoms with van der Waals surface area (Å²) in [4.78, 5) is 1.26. The summed E-state index contributed by atoms with van der Waals surface area (Å²) in [6.45, 7) is 6.36. The Kier molecular flexibility index (Phi) is 3.84. The molecule has 4 nitrogen and oxygen atoms in total. The van der Waals surface area contributed by atoms with Crippen LogP contribution in [0.5, 0.6) is 0 Å². The quantitative estimate of drug-likeness (QED) is 0.762. The van der Waals surface area contributed by atoms with Crippen LogP contribution in [0.1, 0.15) is 12.5 Å². The fourth-order valence-corrected chi connectivity index (χ4v) is 1.57. The minimum Gasteiger partial charge on any atom is -0.372 e. The maximum absolute atomic E-state index is 13.8. The molecule has 0 aliphatic carbocycles. The van der Waals surface area contributed by atoms with Crippen molar-refractivity contribution in [3.8, 4) is 5.69 Å². The summed E-state index contributed by atoms with van der Waals surface area (Å²) >= 11 is 0. The van der Waals surface area contributed by atoms with Gasteiger partial charge < -0.3 is 4.74 Å². The van der Waals surface area contributed by atoms with Gasteiger partial charge in [-0.1, -0.05) is 24.3 Å². The SMILES string of the molecule is C=C(C)COCc1cccc(F)c1-n1nccn1. The van der Waals surface area contributed by atoms with Crippen LogP contribution in [-0.2, 0) is 11.3 Å². The third-order valence-electron chi connectivity index (χ3n) is 2.30. The van der Waals surface area contributed by atoms with E-state index in [1.54, 1.807) is 12.1 Å². The van der Waals surface area contributed by atoms with Crippen LogP contribution in [-0.4, -0.2) is 21.6 Å². The monoisotopic (exact) mass is 247 g/mol. The van der Waals surface area contributed by atoms with Gasteiger partial charge in [-0.25, -0.2) is 4.39 Å². The van der Waals surface area contributed by atoms with Gasteiger partial charge in [0.25, 0.3) is 0 Å². The van der Waals surface area contributed by atoms with Crippen molar-refractivity contribution in [1.29, 1.82) is 0 Å². The Balaban J connectivity index is 2.24. The second-order valence-electron chi connectivity index (χ2n) is 4.02. The number of halogens is 1. The second-order valence-corrected chi connectivity index (χ2v) is 4.02. The largest absolute Gasteiger partial charge is 0.372 e. The molecule has 0 bridgehead atoms. The Labute approximate surface area is 105 Å². The highest BCUT2D eigenvalue weighted by Crippen LogP contribution is 2.18. The van der Waals surface area contributed by atoms with Crippen LogP contribution < -0.4 is 0 Å². The summed E-state index contributed by atoms with van der Waals surface area (Å²) in [6.07, 6.45) is 3.01. The van der Waals surface area contributed by atoms with Crippen molar-refractivity contribution in [2.24, 2.45) is 0 Å². The first-order valence-corrected chi connectivity index (χ1v) is 5.54. The molecule has 0 N–H and O–H groups in total. The summed E-state index contributed by atoms with van der Waals surface area (Å²) in [5.41, 5.74) is 1.95. The van der Waals surface area contributed by atoms with E-state index >= 15 is 0 Å². The van der Waals surface area contributed by atoms with Gasteiger partial charge in [-0.2, -0.15) is 10.2 Å². The number of hydrogen-bond acceptors (Lipinski definition) is 3. The normalized spacial score (nSPS) is 10.6. The van der Waals surface area contributed by atoms with Gasteiger partial charge in [0, 0.05) is 5.56 Å². The summed E-state index contributed by atoms with van der Waals surface area (Å²) in [5.74, 6) is -0.373. The minimum atomic E-state index is -0.373. The Morgan fingerprint density at radius 2 is 2.11 bits per heavy atom. The number of para-hydroxylation sites is 1. The Morgan fingerprint density at radius 3 is 2.78 bits per heavy atom. The van der Waals surface area contributed by atoms with Crippen molar-refractivity contribution in [3.63, 3.8) is 0 Å². The van der Waals surface area contributed by atoms with Crippen LogP contribution in [0.3, 0.4) is 0 Å². The van der Waals surface area contributed by atoms with Crippen LogP contribution in [0.15, 0.2) is 42.7 Å². The molecule has 0 radical (unpaired) electrons. The number of rotatable bonds is 5. The van der Waals surface area contributed by atoms with Crippen molar-refractivity contribution in [3.05, 3.63) is 54.1 Å². The van der Waals surface area contributed by atoms with Crippen LogP contribution >= 0.6 is 0 Å². The fourth-order valence-electron chi connectivity index (χ4n) is 1.57. The standard InChI is InChI=1S/C13H14FN3O/c1-10(2)8-18-9-11-4-3-5-12(14)13(11)17-15-6-7-16-17/h3-7H,1,8-9H2,2H3. The molecule has 1 aromatic carbocycles. The van der Waals surface area contributed by atoms with E-state index < -0.39 is 0 Å². The molecule has 1 heterocycles. The lowest BCUT2D eigenvalue weighted by molar-refractivity contribution is 0.142. The molecule has 0 aliphatic heterocycles. The van der Waals surface area contributed by atoms with Gasteiger partial charge in [-0.3, -0.25) is 0 Å². The molecule has 0 fully saturated rings. The molecule has 1 aromatic heterocycles. The Hall–Kier alpha value is -2.01. The van der Waals surface area contributed by atoms with Crippen molar-refractivity contribution in [1.82, 2.24) is 15.0 Å². The van der Waals surface area contributed by atoms with E-state index in [1.165, 1.54) is 23.3 Å². The van der Waals surface area contributed by atoms with Gasteiger partial charge in [-0.15, -0.1) is 4.80 Å². The molecule has 0 aliphatic rings. The smallest absolute Gasteiger partial charge is 0.151 e. The molecule has 0 unspecified atom stereocenters. The molecular formula is C13H14FN3O. The van der Waals surface area contributed by atoms with Crippen LogP contribution in [0.4, 0.5) is 4.39 Å². The van der Waals surface area contributed by atoms with E-state index in [0.29, 0.717) is 24.5 Å². The Bertz CT molecular complexity index is 537. The average Bonchev–Trinajstić information content (AvgIpc) is 2.82. The van der Waals surface area contributed by atoms with Crippen LogP contribution in [0.25, 0.3) is 5.69 Å². The minimum absolute atomic E-state index is 0.293. The van der Waals surface area contributed by atoms with Crippen LogP contribution in [0, 0.1) is 5.82 Å². The summed E-state index contributed by atoms with van der Waals surface area (Å²) < 4.78 is 19.3. The Morgan fingerprint density at radius 1 is 1.39 bits per heavy atom. The third kappa shape index (κ3) is 2.81. The highest BCUT2D eigenvalue weighted by Gasteiger charge is 2.11. The van der Waals surface area contributed by atoms with E-state index in [4.69, 9.17) is 4.74 Å². The van der Waals surface area contributed by atoms with E-state index in [-0.39, 0.29) is 5.82 Å². The molecule has 5 heteroatoms. The van der Waals surface area contributed by atoms with Gasteiger partial charge >= 0.3 is 0 Å². The van der Waals surface area contributed by atoms with Gasteiger partial charge in [0.05, 0.1) is 25.6 Å².